The molecule has 15 heavy (non-hydrogen) atoms. The molecule has 0 aromatic carbocycles. The summed E-state index contributed by atoms with van der Waals surface area (Å²) >= 11 is 0. The van der Waals surface area contributed by atoms with E-state index in [0.29, 0.717) is 5.76 Å². The van der Waals surface area contributed by atoms with Gasteiger partial charge in [0.25, 0.3) is 5.79 Å². The summed E-state index contributed by atoms with van der Waals surface area (Å²) in [5.41, 5.74) is -1.45. The Morgan fingerprint density at radius 3 is 2.33 bits per heavy atom. The van der Waals surface area contributed by atoms with Crippen LogP contribution in [0.4, 0.5) is 0 Å². The van der Waals surface area contributed by atoms with E-state index in [9.17, 15) is 5.11 Å². The lowest BCUT2D eigenvalue weighted by molar-refractivity contribution is -0.265. The van der Waals surface area contributed by atoms with Crippen LogP contribution in [-0.4, -0.2) is 37.8 Å². The summed E-state index contributed by atoms with van der Waals surface area (Å²) in [4.78, 5) is 0. The molecule has 0 saturated heterocycles. The first-order valence-electron chi connectivity index (χ1n) is 4.50. The van der Waals surface area contributed by atoms with E-state index in [4.69, 9.17) is 14.2 Å². The first-order chi connectivity index (χ1) is 7.10. The van der Waals surface area contributed by atoms with E-state index in [-0.39, 0.29) is 0 Å². The third-order valence-electron chi connectivity index (χ3n) is 2.56. The number of hydrogen-bond donors (Lipinski definition) is 1. The molecule has 0 radical (unpaired) electrons. The van der Waals surface area contributed by atoms with E-state index in [2.05, 4.69) is 6.58 Å². The summed E-state index contributed by atoms with van der Waals surface area (Å²) in [6.45, 7) is 3.57. The van der Waals surface area contributed by atoms with Gasteiger partial charge in [-0.3, -0.25) is 0 Å². The summed E-state index contributed by atoms with van der Waals surface area (Å²) in [5, 5.41) is 10.3. The van der Waals surface area contributed by atoms with Gasteiger partial charge < -0.3 is 19.3 Å². The Morgan fingerprint density at radius 1 is 1.33 bits per heavy atom. The Bertz CT molecular complexity index is 302. The normalized spacial score (nSPS) is 28.4. The summed E-state index contributed by atoms with van der Waals surface area (Å²) in [7, 11) is 4.36. The molecule has 0 amide bonds. The highest BCUT2D eigenvalue weighted by molar-refractivity contribution is 5.35. The molecule has 1 unspecified atom stereocenters. The number of aliphatic hydroxyl groups is 1. The molecule has 0 fully saturated rings. The van der Waals surface area contributed by atoms with Crippen LogP contribution in [0.2, 0.25) is 0 Å². The largest absolute Gasteiger partial charge is 0.495 e. The topological polar surface area (TPSA) is 47.9 Å². The van der Waals surface area contributed by atoms with Gasteiger partial charge in [0.05, 0.1) is 7.11 Å². The number of methoxy groups -OCH3 is 3. The van der Waals surface area contributed by atoms with Crippen molar-refractivity contribution in [3.05, 3.63) is 36.6 Å². The van der Waals surface area contributed by atoms with Crippen LogP contribution >= 0.6 is 0 Å². The van der Waals surface area contributed by atoms with Crippen molar-refractivity contribution in [1.82, 2.24) is 0 Å². The van der Waals surface area contributed by atoms with Gasteiger partial charge in [0.15, 0.2) is 11.4 Å². The van der Waals surface area contributed by atoms with Crippen LogP contribution in [0.25, 0.3) is 0 Å². The first-order valence-corrected chi connectivity index (χ1v) is 4.50. The molecular formula is C11H16O4. The second-order valence-corrected chi connectivity index (χ2v) is 3.15. The second kappa shape index (κ2) is 4.18. The summed E-state index contributed by atoms with van der Waals surface area (Å²) in [6, 6.07) is 0. The number of rotatable bonds is 4. The quantitative estimate of drug-likeness (QED) is 0.557. The van der Waals surface area contributed by atoms with Gasteiger partial charge in [0, 0.05) is 14.2 Å². The van der Waals surface area contributed by atoms with Gasteiger partial charge in [-0.1, -0.05) is 18.7 Å². The van der Waals surface area contributed by atoms with Gasteiger partial charge in [-0.05, 0) is 12.2 Å². The van der Waals surface area contributed by atoms with Crippen molar-refractivity contribution in [3.8, 4) is 0 Å². The minimum absolute atomic E-state index is 0.386. The average Bonchev–Trinajstić information content (AvgIpc) is 2.28. The van der Waals surface area contributed by atoms with E-state index in [1.54, 1.807) is 12.2 Å². The molecule has 84 valence electrons. The molecule has 0 bridgehead atoms. The number of allylic oxidation sites excluding steroid dienone is 2. The Labute approximate surface area is 89.4 Å². The fraction of sp³-hybridized carbons (Fsp3) is 0.455. The molecule has 0 heterocycles. The van der Waals surface area contributed by atoms with Crippen molar-refractivity contribution >= 4 is 0 Å². The lowest BCUT2D eigenvalue weighted by Crippen LogP contribution is -2.57. The molecule has 1 rings (SSSR count). The zero-order chi connectivity index (χ0) is 11.5. The van der Waals surface area contributed by atoms with Gasteiger partial charge >= 0.3 is 0 Å². The molecule has 1 N–H and O–H groups in total. The SMILES string of the molecule is C=CC1(O)C=CC=C(OC)C1(OC)OC. The summed E-state index contributed by atoms with van der Waals surface area (Å²) < 4.78 is 15.6. The zero-order valence-electron chi connectivity index (χ0n) is 9.19. The Morgan fingerprint density at radius 2 is 1.93 bits per heavy atom. The molecule has 1 aliphatic carbocycles. The van der Waals surface area contributed by atoms with Crippen molar-refractivity contribution in [2.75, 3.05) is 21.3 Å². The molecular weight excluding hydrogens is 196 g/mol. The van der Waals surface area contributed by atoms with Crippen LogP contribution in [-0.2, 0) is 14.2 Å². The Balaban J connectivity index is 3.29. The molecule has 4 nitrogen and oxygen atoms in total. The van der Waals surface area contributed by atoms with Crippen LogP contribution in [0, 0.1) is 0 Å². The molecule has 4 heteroatoms. The predicted octanol–water partition coefficient (Wildman–Crippen LogP) is 0.993. The summed E-state index contributed by atoms with van der Waals surface area (Å²) in [5.74, 6) is -0.990. The van der Waals surface area contributed by atoms with E-state index in [1.165, 1.54) is 33.5 Å². The molecule has 1 atom stereocenters. The van der Waals surface area contributed by atoms with Gasteiger partial charge in [0.1, 0.15) is 0 Å². The van der Waals surface area contributed by atoms with E-state index in [0.717, 1.165) is 0 Å². The molecule has 0 aromatic heterocycles. The predicted molar refractivity (Wildman–Crippen MR) is 56.1 cm³/mol. The lowest BCUT2D eigenvalue weighted by Gasteiger charge is -2.43. The minimum Gasteiger partial charge on any atom is -0.495 e. The molecule has 0 aliphatic heterocycles. The highest BCUT2D eigenvalue weighted by Crippen LogP contribution is 2.39. The van der Waals surface area contributed by atoms with Crippen LogP contribution in [0.3, 0.4) is 0 Å². The van der Waals surface area contributed by atoms with Crippen molar-refractivity contribution in [1.29, 1.82) is 0 Å². The molecule has 0 saturated carbocycles. The summed E-state index contributed by atoms with van der Waals surface area (Å²) in [6.07, 6.45) is 6.22. The smallest absolute Gasteiger partial charge is 0.264 e. The third-order valence-corrected chi connectivity index (χ3v) is 2.56. The van der Waals surface area contributed by atoms with Crippen molar-refractivity contribution in [2.24, 2.45) is 0 Å². The maximum atomic E-state index is 10.3. The van der Waals surface area contributed by atoms with E-state index in [1.807, 2.05) is 0 Å². The average molecular weight is 212 g/mol. The highest BCUT2D eigenvalue weighted by atomic mass is 16.7. The van der Waals surface area contributed by atoms with Crippen LogP contribution < -0.4 is 0 Å². The van der Waals surface area contributed by atoms with E-state index >= 15 is 0 Å². The van der Waals surface area contributed by atoms with Gasteiger partial charge in [-0.15, -0.1) is 0 Å². The maximum Gasteiger partial charge on any atom is 0.264 e. The van der Waals surface area contributed by atoms with Crippen LogP contribution in [0.1, 0.15) is 0 Å². The van der Waals surface area contributed by atoms with Crippen molar-refractivity contribution in [2.45, 2.75) is 11.4 Å². The molecule has 0 spiro atoms. The zero-order valence-corrected chi connectivity index (χ0v) is 9.19. The number of ether oxygens (including phenoxy) is 3. The van der Waals surface area contributed by atoms with Gasteiger partial charge in [-0.2, -0.15) is 0 Å². The van der Waals surface area contributed by atoms with Crippen LogP contribution in [0.5, 0.6) is 0 Å². The van der Waals surface area contributed by atoms with Crippen molar-refractivity contribution in [3.63, 3.8) is 0 Å². The van der Waals surface area contributed by atoms with E-state index < -0.39 is 11.4 Å². The first kappa shape index (κ1) is 12.0. The number of hydrogen-bond acceptors (Lipinski definition) is 4. The lowest BCUT2D eigenvalue weighted by atomic mass is 9.87. The maximum absolute atomic E-state index is 10.3. The van der Waals surface area contributed by atoms with Gasteiger partial charge in [0.2, 0.25) is 0 Å². The standard InChI is InChI=1S/C11H16O4/c1-5-10(12)8-6-7-9(13-2)11(10,14-3)15-4/h5-8,12H,1H2,2-4H3. The minimum atomic E-state index is -1.45. The van der Waals surface area contributed by atoms with Crippen molar-refractivity contribution < 1.29 is 19.3 Å². The Kier molecular flexibility index (Phi) is 3.34. The molecule has 0 aromatic rings. The second-order valence-electron chi connectivity index (χ2n) is 3.15. The monoisotopic (exact) mass is 212 g/mol. The fourth-order valence-corrected chi connectivity index (χ4v) is 1.72. The highest BCUT2D eigenvalue weighted by Gasteiger charge is 2.54. The fourth-order valence-electron chi connectivity index (χ4n) is 1.72. The Hall–Kier alpha value is -1.10. The molecule has 1 aliphatic rings. The van der Waals surface area contributed by atoms with Crippen LogP contribution in [0.15, 0.2) is 36.6 Å². The third kappa shape index (κ3) is 1.51. The van der Waals surface area contributed by atoms with Gasteiger partial charge in [-0.25, -0.2) is 0 Å².